The zero-order chi connectivity index (χ0) is 18.4. The minimum absolute atomic E-state index is 0.0669. The Labute approximate surface area is 156 Å². The molecule has 2 rings (SSSR count). The zero-order valence-corrected chi connectivity index (χ0v) is 15.4. The Morgan fingerprint density at radius 2 is 1.72 bits per heavy atom. The molecule has 4 nitrogen and oxygen atoms in total. The largest absolute Gasteiger partial charge is 0.349 e. The van der Waals surface area contributed by atoms with Gasteiger partial charge < -0.3 is 10.6 Å². The van der Waals surface area contributed by atoms with E-state index in [1.165, 1.54) is 12.1 Å². The van der Waals surface area contributed by atoms with Crippen LogP contribution in [-0.4, -0.2) is 17.9 Å². The van der Waals surface area contributed by atoms with Crippen LogP contribution >= 0.6 is 23.2 Å². The number of hydrogen-bond donors (Lipinski definition) is 2. The SMILES string of the molecule is CC(C)NC(=O)C(=Cc1ccccc1)NC(=O)c1ccc(Cl)cc1Cl. The van der Waals surface area contributed by atoms with Crippen molar-refractivity contribution in [3.05, 3.63) is 75.4 Å². The van der Waals surface area contributed by atoms with Crippen LogP contribution in [0.5, 0.6) is 0 Å². The van der Waals surface area contributed by atoms with E-state index in [4.69, 9.17) is 23.2 Å². The molecule has 0 aliphatic rings. The predicted octanol–water partition coefficient (Wildman–Crippen LogP) is 4.29. The summed E-state index contributed by atoms with van der Waals surface area (Å²) in [5.74, 6) is -0.861. The van der Waals surface area contributed by atoms with Gasteiger partial charge >= 0.3 is 0 Å². The summed E-state index contributed by atoms with van der Waals surface area (Å²) in [4.78, 5) is 24.9. The van der Waals surface area contributed by atoms with Crippen LogP contribution in [0.15, 0.2) is 54.2 Å². The van der Waals surface area contributed by atoms with Gasteiger partial charge in [0.15, 0.2) is 0 Å². The first-order chi connectivity index (χ1) is 11.9. The summed E-state index contributed by atoms with van der Waals surface area (Å²) in [7, 11) is 0. The number of carbonyl (C=O) groups excluding carboxylic acids is 2. The van der Waals surface area contributed by atoms with E-state index in [1.54, 1.807) is 12.1 Å². The molecule has 0 bridgehead atoms. The number of hydrogen-bond acceptors (Lipinski definition) is 2. The summed E-state index contributed by atoms with van der Waals surface area (Å²) in [5, 5.41) is 6.04. The average Bonchev–Trinajstić information content (AvgIpc) is 2.54. The first kappa shape index (κ1) is 19.0. The lowest BCUT2D eigenvalue weighted by molar-refractivity contribution is -0.118. The fourth-order valence-corrected chi connectivity index (χ4v) is 2.57. The highest BCUT2D eigenvalue weighted by Gasteiger charge is 2.17. The third-order valence-corrected chi connectivity index (χ3v) is 3.75. The molecule has 0 aliphatic carbocycles. The minimum Gasteiger partial charge on any atom is -0.349 e. The summed E-state index contributed by atoms with van der Waals surface area (Å²) in [5.41, 5.74) is 1.16. The van der Waals surface area contributed by atoms with Gasteiger partial charge in [-0.2, -0.15) is 0 Å². The second-order valence-electron chi connectivity index (χ2n) is 5.68. The van der Waals surface area contributed by atoms with E-state index in [9.17, 15) is 9.59 Å². The number of carbonyl (C=O) groups is 2. The Balaban J connectivity index is 2.30. The van der Waals surface area contributed by atoms with Gasteiger partial charge in [-0.05, 0) is 43.7 Å². The van der Waals surface area contributed by atoms with Gasteiger partial charge in [0.2, 0.25) is 0 Å². The summed E-state index contributed by atoms with van der Waals surface area (Å²) in [6, 6.07) is 13.7. The smallest absolute Gasteiger partial charge is 0.268 e. The van der Waals surface area contributed by atoms with Crippen LogP contribution in [0.25, 0.3) is 6.08 Å². The molecule has 0 spiro atoms. The van der Waals surface area contributed by atoms with Crippen molar-refractivity contribution in [2.24, 2.45) is 0 Å². The van der Waals surface area contributed by atoms with Crippen LogP contribution in [0, 0.1) is 0 Å². The van der Waals surface area contributed by atoms with Gasteiger partial charge in [-0.25, -0.2) is 0 Å². The Morgan fingerprint density at radius 3 is 2.32 bits per heavy atom. The van der Waals surface area contributed by atoms with Crippen LogP contribution in [0.3, 0.4) is 0 Å². The van der Waals surface area contributed by atoms with E-state index >= 15 is 0 Å². The molecule has 0 saturated carbocycles. The molecular weight excluding hydrogens is 359 g/mol. The van der Waals surface area contributed by atoms with Crippen LogP contribution in [0.4, 0.5) is 0 Å². The molecular formula is C19H18Cl2N2O2. The maximum Gasteiger partial charge on any atom is 0.268 e. The van der Waals surface area contributed by atoms with Gasteiger partial charge in [0.05, 0.1) is 10.6 Å². The van der Waals surface area contributed by atoms with Gasteiger partial charge in [-0.15, -0.1) is 0 Å². The maximum atomic E-state index is 12.5. The molecule has 0 unspecified atom stereocenters. The Morgan fingerprint density at radius 1 is 1.04 bits per heavy atom. The predicted molar refractivity (Wildman–Crippen MR) is 102 cm³/mol. The molecule has 130 valence electrons. The van der Waals surface area contributed by atoms with Gasteiger partial charge in [0.1, 0.15) is 5.70 Å². The monoisotopic (exact) mass is 376 g/mol. The lowest BCUT2D eigenvalue weighted by Gasteiger charge is -2.13. The second-order valence-corrected chi connectivity index (χ2v) is 6.52. The standard InChI is InChI=1S/C19H18Cl2N2O2/c1-12(2)22-19(25)17(10-13-6-4-3-5-7-13)23-18(24)15-9-8-14(20)11-16(15)21/h3-12H,1-2H3,(H,22,25)(H,23,24). The molecule has 0 aliphatic heterocycles. The Bertz CT molecular complexity index is 802. The molecule has 2 amide bonds. The second kappa shape index (κ2) is 8.70. The fraction of sp³-hybridized carbons (Fsp3) is 0.158. The van der Waals surface area contributed by atoms with Crippen molar-refractivity contribution in [3.63, 3.8) is 0 Å². The molecule has 2 aromatic rings. The van der Waals surface area contributed by atoms with Crippen molar-refractivity contribution in [1.82, 2.24) is 10.6 Å². The molecule has 0 aromatic heterocycles. The number of halogens is 2. The van der Waals surface area contributed by atoms with E-state index in [0.717, 1.165) is 5.56 Å². The summed E-state index contributed by atoms with van der Waals surface area (Å²) in [6.45, 7) is 3.69. The molecule has 0 radical (unpaired) electrons. The number of amides is 2. The molecule has 0 fully saturated rings. The third-order valence-electron chi connectivity index (χ3n) is 3.20. The quantitative estimate of drug-likeness (QED) is 0.764. The van der Waals surface area contributed by atoms with Gasteiger partial charge in [-0.3, -0.25) is 9.59 Å². The molecule has 0 heterocycles. The number of rotatable bonds is 5. The highest BCUT2D eigenvalue weighted by molar-refractivity contribution is 6.36. The first-order valence-electron chi connectivity index (χ1n) is 7.71. The van der Waals surface area contributed by atoms with E-state index < -0.39 is 5.91 Å². The fourth-order valence-electron chi connectivity index (χ4n) is 2.08. The van der Waals surface area contributed by atoms with Crippen molar-refractivity contribution in [2.75, 3.05) is 0 Å². The van der Waals surface area contributed by atoms with Gasteiger partial charge in [-0.1, -0.05) is 53.5 Å². The Hall–Kier alpha value is -2.30. The molecule has 2 N–H and O–H groups in total. The summed E-state index contributed by atoms with van der Waals surface area (Å²) >= 11 is 11.9. The van der Waals surface area contributed by atoms with Gasteiger partial charge in [0.25, 0.3) is 11.8 Å². The topological polar surface area (TPSA) is 58.2 Å². The zero-order valence-electron chi connectivity index (χ0n) is 13.8. The van der Waals surface area contributed by atoms with E-state index in [2.05, 4.69) is 10.6 Å². The number of benzene rings is 2. The molecule has 0 atom stereocenters. The van der Waals surface area contributed by atoms with Crippen LogP contribution in [0.2, 0.25) is 10.0 Å². The van der Waals surface area contributed by atoms with Crippen molar-refractivity contribution >= 4 is 41.1 Å². The van der Waals surface area contributed by atoms with Crippen molar-refractivity contribution in [3.8, 4) is 0 Å². The average molecular weight is 377 g/mol. The normalized spacial score (nSPS) is 11.3. The van der Waals surface area contributed by atoms with E-state index in [1.807, 2.05) is 44.2 Å². The van der Waals surface area contributed by atoms with Gasteiger partial charge in [0, 0.05) is 11.1 Å². The van der Waals surface area contributed by atoms with E-state index in [0.29, 0.717) is 5.02 Å². The first-order valence-corrected chi connectivity index (χ1v) is 8.46. The number of nitrogens with one attached hydrogen (secondary N) is 2. The highest BCUT2D eigenvalue weighted by atomic mass is 35.5. The van der Waals surface area contributed by atoms with Crippen molar-refractivity contribution in [1.29, 1.82) is 0 Å². The summed E-state index contributed by atoms with van der Waals surface area (Å²) in [6.07, 6.45) is 1.61. The van der Waals surface area contributed by atoms with Crippen LogP contribution < -0.4 is 10.6 Å². The van der Waals surface area contributed by atoms with Crippen molar-refractivity contribution in [2.45, 2.75) is 19.9 Å². The Kier molecular flexibility index (Phi) is 6.62. The molecule has 0 saturated heterocycles. The van der Waals surface area contributed by atoms with Crippen molar-refractivity contribution < 1.29 is 9.59 Å². The summed E-state index contributed by atoms with van der Waals surface area (Å²) < 4.78 is 0. The molecule has 25 heavy (non-hydrogen) atoms. The lowest BCUT2D eigenvalue weighted by atomic mass is 10.1. The third kappa shape index (κ3) is 5.62. The molecule has 6 heteroatoms. The van der Waals surface area contributed by atoms with Crippen LogP contribution in [0.1, 0.15) is 29.8 Å². The lowest BCUT2D eigenvalue weighted by Crippen LogP contribution is -2.38. The minimum atomic E-state index is -0.484. The molecule has 2 aromatic carbocycles. The van der Waals surface area contributed by atoms with E-state index in [-0.39, 0.29) is 28.2 Å². The van der Waals surface area contributed by atoms with Crippen LogP contribution in [-0.2, 0) is 4.79 Å². The maximum absolute atomic E-state index is 12.5. The highest BCUT2D eigenvalue weighted by Crippen LogP contribution is 2.21.